The lowest BCUT2D eigenvalue weighted by atomic mass is 9.99. The summed E-state index contributed by atoms with van der Waals surface area (Å²) in [6.07, 6.45) is 0.108. The fourth-order valence-electron chi connectivity index (χ4n) is 2.19. The molecule has 0 unspecified atom stereocenters. The van der Waals surface area contributed by atoms with Gasteiger partial charge in [-0.3, -0.25) is 0 Å². The summed E-state index contributed by atoms with van der Waals surface area (Å²) in [5.41, 5.74) is -1.58. The van der Waals surface area contributed by atoms with Gasteiger partial charge in [-0.2, -0.15) is 13.2 Å². The molecule has 0 heterocycles. The van der Waals surface area contributed by atoms with Gasteiger partial charge < -0.3 is 0 Å². The van der Waals surface area contributed by atoms with Gasteiger partial charge in [0, 0.05) is 12.0 Å². The summed E-state index contributed by atoms with van der Waals surface area (Å²) in [7, 11) is 0. The summed E-state index contributed by atoms with van der Waals surface area (Å²) in [6.45, 7) is 2.07. The normalized spacial score (nSPS) is 12.7. The van der Waals surface area contributed by atoms with E-state index in [9.17, 15) is 22.0 Å². The predicted molar refractivity (Wildman–Crippen MR) is 73.3 cm³/mol. The molecule has 0 saturated carbocycles. The quantitative estimate of drug-likeness (QED) is 0.377. The second-order valence-corrected chi connectivity index (χ2v) is 5.30. The lowest BCUT2D eigenvalue weighted by molar-refractivity contribution is -0.137. The molecule has 0 aliphatic rings. The van der Waals surface area contributed by atoms with Gasteiger partial charge in [-0.15, -0.1) is 0 Å². The Morgan fingerprint density at radius 3 is 2.00 bits per heavy atom. The van der Waals surface area contributed by atoms with E-state index in [1.807, 2.05) is 0 Å². The maximum Gasteiger partial charge on any atom is 0.416 e. The summed E-state index contributed by atoms with van der Waals surface area (Å²) >= 11 is 0. The molecular weight excluding hydrogens is 287 g/mol. The summed E-state index contributed by atoms with van der Waals surface area (Å²) in [5.74, 6) is -3.20. The van der Waals surface area contributed by atoms with Gasteiger partial charge in [0.15, 0.2) is 0 Å². The second-order valence-electron chi connectivity index (χ2n) is 5.30. The minimum absolute atomic E-state index is 0.326. The van der Waals surface area contributed by atoms with Crippen LogP contribution in [0.2, 0.25) is 0 Å². The van der Waals surface area contributed by atoms with Crippen LogP contribution < -0.4 is 0 Å². The van der Waals surface area contributed by atoms with Crippen LogP contribution in [-0.4, -0.2) is 0 Å². The van der Waals surface area contributed by atoms with Crippen molar-refractivity contribution >= 4 is 0 Å². The maximum absolute atomic E-state index is 13.9. The molecule has 1 rings (SSSR count). The fourth-order valence-corrected chi connectivity index (χ4v) is 2.19. The molecule has 0 aromatic heterocycles. The van der Waals surface area contributed by atoms with Gasteiger partial charge in [0.05, 0.1) is 5.56 Å². The first kappa shape index (κ1) is 17.9. The minimum atomic E-state index is -4.59. The Kier molecular flexibility index (Phi) is 6.62. The molecule has 0 spiro atoms. The monoisotopic (exact) mass is 308 g/mol. The van der Waals surface area contributed by atoms with Gasteiger partial charge in [-0.1, -0.05) is 51.2 Å². The zero-order valence-corrected chi connectivity index (χ0v) is 12.1. The van der Waals surface area contributed by atoms with Crippen molar-refractivity contribution in [2.75, 3.05) is 0 Å². The molecule has 0 aliphatic carbocycles. The highest BCUT2D eigenvalue weighted by molar-refractivity contribution is 5.28. The highest BCUT2D eigenvalue weighted by Gasteiger charge is 2.35. The van der Waals surface area contributed by atoms with Gasteiger partial charge >= 0.3 is 6.18 Å². The molecule has 5 heteroatoms. The Morgan fingerprint density at radius 2 is 1.38 bits per heavy atom. The van der Waals surface area contributed by atoms with E-state index < -0.39 is 29.6 Å². The van der Waals surface area contributed by atoms with Crippen LogP contribution in [0.3, 0.4) is 0 Å². The third kappa shape index (κ3) is 6.02. The standard InChI is InChI=1S/C16H21F5/c1-2-3-4-5-6-7-11-15(17,18)13-9-8-10-14(12-13)16(19,20)21/h8-10,12H,2-7,11H2,1H3. The first-order chi connectivity index (χ1) is 9.77. The molecule has 0 radical (unpaired) electrons. The molecule has 0 fully saturated rings. The Balaban J connectivity index is 2.57. The molecule has 21 heavy (non-hydrogen) atoms. The molecule has 0 saturated heterocycles. The molecule has 0 bridgehead atoms. The third-order valence-electron chi connectivity index (χ3n) is 3.46. The van der Waals surface area contributed by atoms with Crippen LogP contribution in [0.1, 0.15) is 63.0 Å². The Labute approximate surface area is 122 Å². The maximum atomic E-state index is 13.9. The smallest absolute Gasteiger partial charge is 0.201 e. The number of rotatable bonds is 8. The van der Waals surface area contributed by atoms with Crippen LogP contribution in [-0.2, 0) is 12.1 Å². The number of alkyl halides is 5. The highest BCUT2D eigenvalue weighted by Crippen LogP contribution is 2.37. The molecule has 1 aromatic rings. The van der Waals surface area contributed by atoms with Crippen molar-refractivity contribution in [2.24, 2.45) is 0 Å². The van der Waals surface area contributed by atoms with Crippen molar-refractivity contribution < 1.29 is 22.0 Å². The first-order valence-electron chi connectivity index (χ1n) is 7.33. The molecule has 1 aromatic carbocycles. The summed E-state index contributed by atoms with van der Waals surface area (Å²) in [6, 6.07) is 3.46. The first-order valence-corrected chi connectivity index (χ1v) is 7.33. The fraction of sp³-hybridized carbons (Fsp3) is 0.625. The average molecular weight is 308 g/mol. The Hall–Kier alpha value is -1.13. The Morgan fingerprint density at radius 1 is 0.810 bits per heavy atom. The zero-order valence-electron chi connectivity index (χ0n) is 12.1. The lowest BCUT2D eigenvalue weighted by Crippen LogP contribution is -2.15. The number of hydrogen-bond acceptors (Lipinski definition) is 0. The molecule has 0 amide bonds. The average Bonchev–Trinajstić information content (AvgIpc) is 2.42. The van der Waals surface area contributed by atoms with Crippen molar-refractivity contribution in [3.8, 4) is 0 Å². The molecule has 0 atom stereocenters. The van der Waals surface area contributed by atoms with Crippen molar-refractivity contribution in [2.45, 2.75) is 64.0 Å². The van der Waals surface area contributed by atoms with Crippen molar-refractivity contribution in [1.82, 2.24) is 0 Å². The minimum Gasteiger partial charge on any atom is -0.201 e. The second kappa shape index (κ2) is 7.76. The third-order valence-corrected chi connectivity index (χ3v) is 3.46. The predicted octanol–water partition coefficient (Wildman–Crippen LogP) is 6.55. The van der Waals surface area contributed by atoms with Gasteiger partial charge in [-0.05, 0) is 18.6 Å². The van der Waals surface area contributed by atoms with E-state index in [1.165, 1.54) is 0 Å². The van der Waals surface area contributed by atoms with E-state index in [2.05, 4.69) is 6.92 Å². The van der Waals surface area contributed by atoms with Crippen molar-refractivity contribution in [3.63, 3.8) is 0 Å². The largest absolute Gasteiger partial charge is 0.416 e. The van der Waals surface area contributed by atoms with Crippen LogP contribution in [0.4, 0.5) is 22.0 Å². The van der Waals surface area contributed by atoms with Crippen molar-refractivity contribution in [3.05, 3.63) is 35.4 Å². The molecular formula is C16H21F5. The topological polar surface area (TPSA) is 0 Å². The number of halogens is 5. The zero-order chi connectivity index (χ0) is 15.9. The number of unbranched alkanes of at least 4 members (excludes halogenated alkanes) is 5. The van der Waals surface area contributed by atoms with Gasteiger partial charge in [0.2, 0.25) is 0 Å². The van der Waals surface area contributed by atoms with E-state index in [0.29, 0.717) is 18.9 Å². The summed E-state index contributed by atoms with van der Waals surface area (Å²) in [5, 5.41) is 0. The van der Waals surface area contributed by atoms with Gasteiger partial charge in [0.1, 0.15) is 0 Å². The highest BCUT2D eigenvalue weighted by atomic mass is 19.4. The molecule has 0 aliphatic heterocycles. The van der Waals surface area contributed by atoms with E-state index in [4.69, 9.17) is 0 Å². The number of benzene rings is 1. The van der Waals surface area contributed by atoms with E-state index in [-0.39, 0.29) is 0 Å². The van der Waals surface area contributed by atoms with Gasteiger partial charge in [0.25, 0.3) is 5.92 Å². The molecule has 0 N–H and O–H groups in total. The van der Waals surface area contributed by atoms with Crippen LogP contribution in [0.5, 0.6) is 0 Å². The number of hydrogen-bond donors (Lipinski definition) is 0. The SMILES string of the molecule is CCCCCCCCC(F)(F)c1cccc(C(F)(F)F)c1. The molecule has 0 nitrogen and oxygen atoms in total. The Bertz CT molecular complexity index is 423. The van der Waals surface area contributed by atoms with Crippen LogP contribution in [0.15, 0.2) is 24.3 Å². The van der Waals surface area contributed by atoms with Gasteiger partial charge in [-0.25, -0.2) is 8.78 Å². The van der Waals surface area contributed by atoms with Crippen LogP contribution >= 0.6 is 0 Å². The summed E-state index contributed by atoms with van der Waals surface area (Å²) < 4.78 is 65.5. The van der Waals surface area contributed by atoms with E-state index >= 15 is 0 Å². The van der Waals surface area contributed by atoms with E-state index in [0.717, 1.165) is 43.9 Å². The van der Waals surface area contributed by atoms with Crippen LogP contribution in [0.25, 0.3) is 0 Å². The van der Waals surface area contributed by atoms with Crippen LogP contribution in [0, 0.1) is 0 Å². The van der Waals surface area contributed by atoms with Crippen molar-refractivity contribution in [1.29, 1.82) is 0 Å². The molecule has 120 valence electrons. The lowest BCUT2D eigenvalue weighted by Gasteiger charge is -2.18. The summed E-state index contributed by atoms with van der Waals surface area (Å²) in [4.78, 5) is 0. The van der Waals surface area contributed by atoms with E-state index in [1.54, 1.807) is 0 Å².